The van der Waals surface area contributed by atoms with Crippen molar-refractivity contribution in [1.82, 2.24) is 5.32 Å². The highest BCUT2D eigenvalue weighted by Gasteiger charge is 2.73. The van der Waals surface area contributed by atoms with E-state index in [9.17, 15) is 25.2 Å². The molecule has 4 saturated carbocycles. The molecule has 11 atom stereocenters. The molecule has 0 aromatic carbocycles. The maximum Gasteiger partial charge on any atom is 0.159 e. The van der Waals surface area contributed by atoms with Crippen molar-refractivity contribution >= 4 is 5.78 Å². The van der Waals surface area contributed by atoms with E-state index in [0.717, 1.165) is 62.5 Å². The number of ketones is 1. The number of aliphatic hydroxyl groups is 4. The Morgan fingerprint density at radius 3 is 2.40 bits per heavy atom. The highest BCUT2D eigenvalue weighted by atomic mass is 16.6. The fourth-order valence-corrected chi connectivity index (χ4v) is 12.3. The molecule has 7 rings (SSSR count). The smallest absolute Gasteiger partial charge is 0.159 e. The van der Waals surface area contributed by atoms with Crippen LogP contribution in [0.4, 0.5) is 0 Å². The van der Waals surface area contributed by atoms with Crippen molar-refractivity contribution in [3.63, 3.8) is 0 Å². The molecule has 2 heterocycles. The average molecular weight is 653 g/mol. The SMILES string of the molecule is CC(O)(C1OC1C(C)(O)C(C)(C)CCC1=CCNC(N)=C1)C1CCC2(O)C3=CC(=O)C4CC(O)CCC4(C4CCCC4)C3CCC12C. The Kier molecular flexibility index (Phi) is 8.01. The number of nitrogens with one attached hydrogen (secondary N) is 1. The Balaban J connectivity index is 1.13. The summed E-state index contributed by atoms with van der Waals surface area (Å²) >= 11 is 0. The van der Waals surface area contributed by atoms with Crippen molar-refractivity contribution in [2.24, 2.45) is 45.7 Å². The summed E-state index contributed by atoms with van der Waals surface area (Å²) in [5.41, 5.74) is 3.08. The molecule has 0 aromatic rings. The van der Waals surface area contributed by atoms with Crippen LogP contribution in [0.3, 0.4) is 0 Å². The van der Waals surface area contributed by atoms with Gasteiger partial charge in [0.25, 0.3) is 0 Å². The lowest BCUT2D eigenvalue weighted by atomic mass is 9.42. The maximum atomic E-state index is 14.0. The van der Waals surface area contributed by atoms with Crippen molar-refractivity contribution in [3.05, 3.63) is 35.2 Å². The third-order valence-electron chi connectivity index (χ3n) is 15.5. The van der Waals surface area contributed by atoms with Crippen LogP contribution in [0, 0.1) is 39.9 Å². The van der Waals surface area contributed by atoms with E-state index in [1.807, 2.05) is 19.9 Å². The van der Waals surface area contributed by atoms with E-state index < -0.39 is 45.9 Å². The van der Waals surface area contributed by atoms with E-state index in [1.165, 1.54) is 12.8 Å². The van der Waals surface area contributed by atoms with Crippen LogP contribution in [-0.2, 0) is 9.53 Å². The van der Waals surface area contributed by atoms with Crippen LogP contribution in [0.1, 0.15) is 118 Å². The summed E-state index contributed by atoms with van der Waals surface area (Å²) in [4.78, 5) is 14.0. The zero-order chi connectivity index (χ0) is 33.8. The third-order valence-corrected chi connectivity index (χ3v) is 15.5. The highest BCUT2D eigenvalue weighted by molar-refractivity contribution is 5.95. The maximum absolute atomic E-state index is 14.0. The van der Waals surface area contributed by atoms with Gasteiger partial charge in [-0.2, -0.15) is 0 Å². The van der Waals surface area contributed by atoms with Crippen LogP contribution in [-0.4, -0.2) is 67.9 Å². The van der Waals surface area contributed by atoms with Gasteiger partial charge in [0.15, 0.2) is 5.78 Å². The molecule has 1 saturated heterocycles. The largest absolute Gasteiger partial charge is 0.393 e. The zero-order valence-corrected chi connectivity index (χ0v) is 29.4. The van der Waals surface area contributed by atoms with Gasteiger partial charge in [-0.1, -0.05) is 39.7 Å². The van der Waals surface area contributed by atoms with Gasteiger partial charge >= 0.3 is 0 Å². The van der Waals surface area contributed by atoms with Gasteiger partial charge in [0, 0.05) is 17.9 Å². The van der Waals surface area contributed by atoms with Gasteiger partial charge in [-0.25, -0.2) is 0 Å². The van der Waals surface area contributed by atoms with Gasteiger partial charge in [0.1, 0.15) is 12.2 Å². The van der Waals surface area contributed by atoms with E-state index >= 15 is 0 Å². The van der Waals surface area contributed by atoms with Crippen LogP contribution in [0.25, 0.3) is 0 Å². The summed E-state index contributed by atoms with van der Waals surface area (Å²) in [7, 11) is 0. The first-order valence-corrected chi connectivity index (χ1v) is 18.7. The molecule has 11 unspecified atom stereocenters. The van der Waals surface area contributed by atoms with Crippen molar-refractivity contribution in [3.8, 4) is 0 Å². The van der Waals surface area contributed by atoms with E-state index in [4.69, 9.17) is 10.5 Å². The van der Waals surface area contributed by atoms with Crippen LogP contribution >= 0.6 is 0 Å². The first-order chi connectivity index (χ1) is 22.0. The molecule has 0 bridgehead atoms. The number of carbonyl (C=O) groups is 1. The molecule has 5 fully saturated rings. The molecule has 2 aliphatic heterocycles. The quantitative estimate of drug-likeness (QED) is 0.205. The monoisotopic (exact) mass is 652 g/mol. The number of carbonyl (C=O) groups excluding carboxylic acids is 1. The Hall–Kier alpha value is -1.71. The molecular weight excluding hydrogens is 592 g/mol. The van der Waals surface area contributed by atoms with Crippen LogP contribution in [0.15, 0.2) is 35.2 Å². The number of aliphatic hydroxyl groups excluding tert-OH is 1. The minimum absolute atomic E-state index is 0.0945. The molecule has 8 heteroatoms. The number of epoxide rings is 1. The van der Waals surface area contributed by atoms with Gasteiger partial charge in [0.2, 0.25) is 0 Å². The summed E-state index contributed by atoms with van der Waals surface area (Å²) in [6, 6.07) is 0. The molecule has 47 heavy (non-hydrogen) atoms. The van der Waals surface area contributed by atoms with Crippen LogP contribution in [0.5, 0.6) is 0 Å². The standard InChI is InChI=1S/C39H60N2O6/c1-34(2,15-10-23-14-19-41-31(40)20-23)37(5,45)33-32(47-33)36(4,44)30-13-18-39(46)27-22-29(43)28-21-25(42)11-17-38(28,24-8-6-7-9-24)26(27)12-16-35(30,39)3/h14,20,22,24-26,28,30,32-33,41-42,44-46H,6-13,15-19,21,40H2,1-5H3. The summed E-state index contributed by atoms with van der Waals surface area (Å²) in [6.07, 6.45) is 15.4. The van der Waals surface area contributed by atoms with Crippen molar-refractivity contribution in [2.45, 2.75) is 153 Å². The molecular formula is C39H60N2O6. The number of ether oxygens (including phenoxy) is 1. The Morgan fingerprint density at radius 1 is 0.979 bits per heavy atom. The van der Waals surface area contributed by atoms with Gasteiger partial charge in [-0.15, -0.1) is 0 Å². The molecule has 0 amide bonds. The van der Waals surface area contributed by atoms with E-state index in [2.05, 4.69) is 32.2 Å². The fraction of sp³-hybridized carbons (Fsp3) is 0.821. The molecule has 7 aliphatic rings. The fourth-order valence-electron chi connectivity index (χ4n) is 12.3. The predicted molar refractivity (Wildman–Crippen MR) is 181 cm³/mol. The number of hydrogen-bond donors (Lipinski definition) is 6. The second kappa shape index (κ2) is 11.1. The summed E-state index contributed by atoms with van der Waals surface area (Å²) < 4.78 is 6.27. The van der Waals surface area contributed by atoms with Crippen molar-refractivity contribution in [2.75, 3.05) is 6.54 Å². The van der Waals surface area contributed by atoms with E-state index in [1.54, 1.807) is 6.08 Å². The third kappa shape index (κ3) is 4.89. The minimum Gasteiger partial charge on any atom is -0.393 e. The predicted octanol–water partition coefficient (Wildman–Crippen LogP) is 4.80. The Morgan fingerprint density at radius 2 is 1.70 bits per heavy atom. The molecule has 8 nitrogen and oxygen atoms in total. The van der Waals surface area contributed by atoms with Gasteiger partial charge in [-0.05, 0) is 136 Å². The first-order valence-electron chi connectivity index (χ1n) is 18.7. The second-order valence-electron chi connectivity index (χ2n) is 18.0. The Labute approximate surface area is 281 Å². The van der Waals surface area contributed by atoms with Crippen LogP contribution in [0.2, 0.25) is 0 Å². The minimum atomic E-state index is -1.27. The zero-order valence-electron chi connectivity index (χ0n) is 29.4. The lowest BCUT2D eigenvalue weighted by Gasteiger charge is -2.62. The Bertz CT molecular complexity index is 1370. The lowest BCUT2D eigenvalue weighted by molar-refractivity contribution is -0.162. The van der Waals surface area contributed by atoms with Crippen molar-refractivity contribution in [1.29, 1.82) is 0 Å². The molecule has 5 aliphatic carbocycles. The molecule has 0 spiro atoms. The number of dihydropyridines is 1. The van der Waals surface area contributed by atoms with Crippen LogP contribution < -0.4 is 11.1 Å². The number of rotatable bonds is 8. The molecule has 262 valence electrons. The lowest BCUT2D eigenvalue weighted by Crippen LogP contribution is -2.63. The van der Waals surface area contributed by atoms with E-state index in [-0.39, 0.29) is 29.0 Å². The molecule has 7 N–H and O–H groups in total. The molecule has 0 radical (unpaired) electrons. The number of fused-ring (bicyclic) bond motifs is 5. The topological polar surface area (TPSA) is 149 Å². The highest BCUT2D eigenvalue weighted by Crippen LogP contribution is 2.71. The number of nitrogens with two attached hydrogens (primary N) is 1. The number of hydrogen-bond acceptors (Lipinski definition) is 8. The first kappa shape index (κ1) is 33.8. The second-order valence-corrected chi connectivity index (χ2v) is 18.0. The summed E-state index contributed by atoms with van der Waals surface area (Å²) in [6.45, 7) is 10.7. The normalized spacial score (nSPS) is 44.5. The molecule has 0 aromatic heterocycles. The van der Waals surface area contributed by atoms with Gasteiger partial charge < -0.3 is 36.2 Å². The van der Waals surface area contributed by atoms with E-state index in [0.29, 0.717) is 37.5 Å². The van der Waals surface area contributed by atoms with Gasteiger partial charge in [-0.3, -0.25) is 4.79 Å². The average Bonchev–Trinajstić information content (AvgIpc) is 3.56. The summed E-state index contributed by atoms with van der Waals surface area (Å²) in [5, 5.41) is 51.1. The van der Waals surface area contributed by atoms with Crippen molar-refractivity contribution < 1.29 is 30.0 Å². The summed E-state index contributed by atoms with van der Waals surface area (Å²) in [5.74, 6) is 0.921. The number of allylic oxidation sites excluding steroid dienone is 3. The van der Waals surface area contributed by atoms with Gasteiger partial charge in [0.05, 0.1) is 28.7 Å².